The molecule has 0 radical (unpaired) electrons. The highest BCUT2D eigenvalue weighted by Gasteiger charge is 2.13. The number of methoxy groups -OCH3 is 1. The first-order chi connectivity index (χ1) is 17.9. The summed E-state index contributed by atoms with van der Waals surface area (Å²) in [5.74, 6) is 0.492. The van der Waals surface area contributed by atoms with Crippen LogP contribution < -0.4 is 14.8 Å². The van der Waals surface area contributed by atoms with Crippen molar-refractivity contribution in [2.24, 2.45) is 0 Å². The van der Waals surface area contributed by atoms with E-state index in [1.807, 2.05) is 0 Å². The minimum absolute atomic E-state index is 0.0235. The van der Waals surface area contributed by atoms with Crippen LogP contribution in [0.3, 0.4) is 0 Å². The molecule has 1 amide bonds. The normalized spacial score (nSPS) is 13.5. The molecular formula is C27H35N3O7. The molecule has 1 aliphatic rings. The third-order valence-electron chi connectivity index (χ3n) is 6.07. The number of anilines is 1. The summed E-state index contributed by atoms with van der Waals surface area (Å²) in [4.78, 5) is 36.7. The van der Waals surface area contributed by atoms with Crippen LogP contribution >= 0.6 is 0 Å². The Morgan fingerprint density at radius 3 is 2.38 bits per heavy atom. The number of benzene rings is 2. The quantitative estimate of drug-likeness (QED) is 0.171. The number of likely N-dealkylation sites (tertiary alicyclic amines) is 1. The molecule has 1 saturated heterocycles. The number of piperidine rings is 1. The fraction of sp³-hybridized carbons (Fsp3) is 0.481. The van der Waals surface area contributed by atoms with E-state index >= 15 is 0 Å². The van der Waals surface area contributed by atoms with Crippen molar-refractivity contribution in [3.63, 3.8) is 0 Å². The van der Waals surface area contributed by atoms with Gasteiger partial charge in [0.25, 0.3) is 5.69 Å². The second-order valence-electron chi connectivity index (χ2n) is 8.94. The van der Waals surface area contributed by atoms with Crippen molar-refractivity contribution in [2.75, 3.05) is 45.3 Å². The summed E-state index contributed by atoms with van der Waals surface area (Å²) in [7, 11) is 1.35. The number of nitro benzene ring substituents is 1. The van der Waals surface area contributed by atoms with Crippen LogP contribution in [-0.4, -0.2) is 61.7 Å². The third-order valence-corrected chi connectivity index (χ3v) is 6.07. The first-order valence-corrected chi connectivity index (χ1v) is 12.7. The number of non-ortho nitro benzene ring substituents is 1. The SMILES string of the molecule is COC(=O)CCCOc1cc(NC(=O)Cc2ccc([N+](=O)[O-])cc2)ccc1OCCCN1CCCCC1. The lowest BCUT2D eigenvalue weighted by atomic mass is 10.1. The lowest BCUT2D eigenvalue weighted by molar-refractivity contribution is -0.384. The van der Waals surface area contributed by atoms with Crippen molar-refractivity contribution in [3.05, 3.63) is 58.1 Å². The van der Waals surface area contributed by atoms with E-state index in [1.54, 1.807) is 30.3 Å². The van der Waals surface area contributed by atoms with Crippen molar-refractivity contribution in [2.45, 2.75) is 44.9 Å². The third kappa shape index (κ3) is 9.72. The van der Waals surface area contributed by atoms with Crippen LogP contribution in [0.25, 0.3) is 0 Å². The van der Waals surface area contributed by atoms with E-state index in [4.69, 9.17) is 9.47 Å². The Balaban J connectivity index is 1.57. The van der Waals surface area contributed by atoms with Crippen LogP contribution in [-0.2, 0) is 20.7 Å². The van der Waals surface area contributed by atoms with Gasteiger partial charge >= 0.3 is 5.97 Å². The Kier molecular flexibility index (Phi) is 11.2. The minimum atomic E-state index is -0.478. The number of carbonyl (C=O) groups excluding carboxylic acids is 2. The number of rotatable bonds is 14. The number of nitrogens with one attached hydrogen (secondary N) is 1. The average molecular weight is 514 g/mol. The van der Waals surface area contributed by atoms with Crippen molar-refractivity contribution in [3.8, 4) is 11.5 Å². The van der Waals surface area contributed by atoms with Crippen LogP contribution in [0.4, 0.5) is 11.4 Å². The van der Waals surface area contributed by atoms with E-state index in [-0.39, 0.29) is 30.4 Å². The van der Waals surface area contributed by atoms with E-state index in [1.165, 1.54) is 38.5 Å². The Morgan fingerprint density at radius 2 is 1.68 bits per heavy atom. The van der Waals surface area contributed by atoms with Gasteiger partial charge in [-0.2, -0.15) is 0 Å². The highest BCUT2D eigenvalue weighted by Crippen LogP contribution is 2.31. The Labute approximate surface area is 217 Å². The molecular weight excluding hydrogens is 478 g/mol. The molecule has 0 bridgehead atoms. The molecule has 0 atom stereocenters. The highest BCUT2D eigenvalue weighted by atomic mass is 16.6. The van der Waals surface area contributed by atoms with E-state index in [0.29, 0.717) is 42.4 Å². The van der Waals surface area contributed by atoms with Gasteiger partial charge in [0.05, 0.1) is 31.7 Å². The molecule has 1 fully saturated rings. The summed E-state index contributed by atoms with van der Waals surface area (Å²) < 4.78 is 16.6. The van der Waals surface area contributed by atoms with E-state index in [0.717, 1.165) is 26.1 Å². The van der Waals surface area contributed by atoms with Crippen LogP contribution in [0.5, 0.6) is 11.5 Å². The molecule has 1 aliphatic heterocycles. The molecule has 0 aliphatic carbocycles. The fourth-order valence-electron chi connectivity index (χ4n) is 4.10. The summed E-state index contributed by atoms with van der Waals surface area (Å²) in [5.41, 5.74) is 1.18. The number of hydrogen-bond donors (Lipinski definition) is 1. The zero-order chi connectivity index (χ0) is 26.5. The lowest BCUT2D eigenvalue weighted by Crippen LogP contribution is -2.31. The zero-order valence-corrected chi connectivity index (χ0v) is 21.3. The largest absolute Gasteiger partial charge is 0.490 e. The first-order valence-electron chi connectivity index (χ1n) is 12.7. The number of nitro groups is 1. The van der Waals surface area contributed by atoms with E-state index in [9.17, 15) is 19.7 Å². The second kappa shape index (κ2) is 14.8. The molecule has 200 valence electrons. The lowest BCUT2D eigenvalue weighted by Gasteiger charge is -2.26. The predicted molar refractivity (Wildman–Crippen MR) is 139 cm³/mol. The maximum absolute atomic E-state index is 12.6. The number of nitrogens with zero attached hydrogens (tertiary/aromatic N) is 2. The van der Waals surface area contributed by atoms with Crippen molar-refractivity contribution >= 4 is 23.3 Å². The summed E-state index contributed by atoms with van der Waals surface area (Å²) in [6.45, 7) is 4.11. The van der Waals surface area contributed by atoms with Gasteiger partial charge in [0.2, 0.25) is 5.91 Å². The zero-order valence-electron chi connectivity index (χ0n) is 21.3. The molecule has 2 aromatic rings. The molecule has 0 aromatic heterocycles. The topological polar surface area (TPSA) is 120 Å². The summed E-state index contributed by atoms with van der Waals surface area (Å²) in [6.07, 6.45) is 5.51. The molecule has 3 rings (SSSR count). The van der Waals surface area contributed by atoms with Gasteiger partial charge in [-0.25, -0.2) is 0 Å². The molecule has 10 nitrogen and oxygen atoms in total. The molecule has 2 aromatic carbocycles. The number of hydrogen-bond acceptors (Lipinski definition) is 8. The standard InChI is InChI=1S/C27H35N3O7/c1-35-27(32)7-5-17-37-25-20-22(28-26(31)19-21-8-11-23(12-9-21)30(33)34)10-13-24(25)36-18-6-16-29-14-3-2-4-15-29/h8-13,20H,2-7,14-19H2,1H3,(H,28,31). The van der Waals surface area contributed by atoms with Gasteiger partial charge < -0.3 is 24.4 Å². The summed E-state index contributed by atoms with van der Waals surface area (Å²) >= 11 is 0. The molecule has 10 heteroatoms. The molecule has 0 saturated carbocycles. The molecule has 37 heavy (non-hydrogen) atoms. The minimum Gasteiger partial charge on any atom is -0.490 e. The highest BCUT2D eigenvalue weighted by molar-refractivity contribution is 5.92. The maximum Gasteiger partial charge on any atom is 0.305 e. The first kappa shape index (κ1) is 27.9. The van der Waals surface area contributed by atoms with Crippen LogP contribution in [0.15, 0.2) is 42.5 Å². The molecule has 0 unspecified atom stereocenters. The van der Waals surface area contributed by atoms with Gasteiger partial charge in [0, 0.05) is 36.9 Å². The summed E-state index contributed by atoms with van der Waals surface area (Å²) in [6, 6.07) is 11.1. The second-order valence-corrected chi connectivity index (χ2v) is 8.94. The molecule has 1 heterocycles. The molecule has 0 spiro atoms. The number of carbonyl (C=O) groups is 2. The van der Waals surface area contributed by atoms with Gasteiger partial charge in [-0.3, -0.25) is 19.7 Å². The van der Waals surface area contributed by atoms with Crippen molar-refractivity contribution in [1.82, 2.24) is 4.90 Å². The summed E-state index contributed by atoms with van der Waals surface area (Å²) in [5, 5.41) is 13.6. The Morgan fingerprint density at radius 1 is 0.973 bits per heavy atom. The predicted octanol–water partition coefficient (Wildman–Crippen LogP) is 4.36. The average Bonchev–Trinajstić information content (AvgIpc) is 2.90. The molecule has 1 N–H and O–H groups in total. The maximum atomic E-state index is 12.6. The van der Waals surface area contributed by atoms with Crippen LogP contribution in [0.2, 0.25) is 0 Å². The van der Waals surface area contributed by atoms with Crippen LogP contribution in [0.1, 0.15) is 44.1 Å². The van der Waals surface area contributed by atoms with Crippen molar-refractivity contribution in [1.29, 1.82) is 0 Å². The van der Waals surface area contributed by atoms with Gasteiger partial charge in [-0.1, -0.05) is 18.6 Å². The van der Waals surface area contributed by atoms with Gasteiger partial charge in [-0.05, 0) is 56.5 Å². The Hall–Kier alpha value is -3.66. The van der Waals surface area contributed by atoms with E-state index < -0.39 is 4.92 Å². The van der Waals surface area contributed by atoms with Crippen LogP contribution in [0, 0.1) is 10.1 Å². The number of esters is 1. The van der Waals surface area contributed by atoms with E-state index in [2.05, 4.69) is 15.0 Å². The smallest absolute Gasteiger partial charge is 0.305 e. The van der Waals surface area contributed by atoms with Gasteiger partial charge in [0.1, 0.15) is 0 Å². The monoisotopic (exact) mass is 513 g/mol. The number of amides is 1. The number of ether oxygens (including phenoxy) is 3. The van der Waals surface area contributed by atoms with Gasteiger partial charge in [-0.15, -0.1) is 0 Å². The van der Waals surface area contributed by atoms with Gasteiger partial charge in [0.15, 0.2) is 11.5 Å². The fourth-order valence-corrected chi connectivity index (χ4v) is 4.10. The Bertz CT molecular complexity index is 1040. The van der Waals surface area contributed by atoms with Crippen molar-refractivity contribution < 1.29 is 28.7 Å².